The van der Waals surface area contributed by atoms with Crippen molar-refractivity contribution in [1.29, 1.82) is 0 Å². The van der Waals surface area contributed by atoms with Crippen LogP contribution in [-0.4, -0.2) is 51.6 Å². The third kappa shape index (κ3) is 5.16. The third-order valence-corrected chi connectivity index (χ3v) is 6.17. The number of carbonyl (C=O) groups excluding carboxylic acids is 2. The second kappa shape index (κ2) is 10.9. The number of amides is 2. The van der Waals surface area contributed by atoms with Gasteiger partial charge in [-0.1, -0.05) is 24.5 Å². The van der Waals surface area contributed by atoms with Gasteiger partial charge in [-0.2, -0.15) is 0 Å². The number of primary amides is 1. The van der Waals surface area contributed by atoms with Gasteiger partial charge in [-0.05, 0) is 44.5 Å². The maximum Gasteiger partial charge on any atom is 0.269 e. The van der Waals surface area contributed by atoms with E-state index in [1.165, 1.54) is 4.68 Å². The number of piperidine rings is 1. The molecule has 1 aromatic carbocycles. The number of likely N-dealkylation sites (tertiary alicyclic amines) is 1. The molecule has 10 heteroatoms. The Kier molecular flexibility index (Phi) is 7.51. The number of carbonyl (C=O) groups is 2. The first kappa shape index (κ1) is 24.8. The highest BCUT2D eigenvalue weighted by Gasteiger charge is 2.31. The summed E-state index contributed by atoms with van der Waals surface area (Å²) in [5, 5.41) is 2.74. The van der Waals surface area contributed by atoms with Gasteiger partial charge in [0.25, 0.3) is 11.8 Å². The highest BCUT2D eigenvalue weighted by molar-refractivity contribution is 6.04. The van der Waals surface area contributed by atoms with E-state index in [1.54, 1.807) is 49.7 Å². The van der Waals surface area contributed by atoms with Gasteiger partial charge in [0, 0.05) is 23.4 Å². The molecule has 0 saturated carbocycles. The van der Waals surface area contributed by atoms with Gasteiger partial charge in [-0.3, -0.25) is 14.5 Å². The van der Waals surface area contributed by atoms with E-state index in [2.05, 4.69) is 27.0 Å². The number of ether oxygens (including phenoxy) is 1. The van der Waals surface area contributed by atoms with Gasteiger partial charge in [0.2, 0.25) is 0 Å². The van der Waals surface area contributed by atoms with Crippen LogP contribution in [0.3, 0.4) is 0 Å². The molecule has 3 heterocycles. The van der Waals surface area contributed by atoms with E-state index in [9.17, 15) is 9.59 Å². The molecule has 2 amide bonds. The number of aromatic nitrogens is 3. The lowest BCUT2D eigenvalue weighted by molar-refractivity contribution is 0.0990. The summed E-state index contributed by atoms with van der Waals surface area (Å²) in [7, 11) is 1.54. The van der Waals surface area contributed by atoms with Crippen LogP contribution >= 0.6 is 0 Å². The number of hydrogen-bond acceptors (Lipinski definition) is 7. The van der Waals surface area contributed by atoms with Gasteiger partial charge in [-0.25, -0.2) is 14.6 Å². The molecule has 0 radical (unpaired) electrons. The van der Waals surface area contributed by atoms with Crippen LogP contribution in [-0.2, 0) is 0 Å². The molecule has 0 bridgehead atoms. The molecule has 0 spiro atoms. The molecule has 36 heavy (non-hydrogen) atoms. The van der Waals surface area contributed by atoms with Crippen LogP contribution in [0.4, 0.5) is 5.82 Å². The van der Waals surface area contributed by atoms with Gasteiger partial charge in [0.1, 0.15) is 23.1 Å². The predicted molar refractivity (Wildman–Crippen MR) is 137 cm³/mol. The number of anilines is 1. The summed E-state index contributed by atoms with van der Waals surface area (Å²) < 4.78 is 6.46. The highest BCUT2D eigenvalue weighted by Crippen LogP contribution is 2.33. The molecule has 3 aromatic rings. The van der Waals surface area contributed by atoms with Crippen molar-refractivity contribution in [2.24, 2.45) is 5.73 Å². The molecule has 0 aliphatic carbocycles. The van der Waals surface area contributed by atoms with Crippen molar-refractivity contribution in [3.63, 3.8) is 0 Å². The Labute approximate surface area is 209 Å². The van der Waals surface area contributed by atoms with E-state index < -0.39 is 5.91 Å². The van der Waals surface area contributed by atoms with Crippen LogP contribution in [0.15, 0.2) is 42.6 Å². The summed E-state index contributed by atoms with van der Waals surface area (Å²) in [6, 6.07) is 9.97. The highest BCUT2D eigenvalue weighted by atomic mass is 16.5. The molecule has 10 nitrogen and oxygen atoms in total. The van der Waals surface area contributed by atoms with E-state index in [4.69, 9.17) is 21.3 Å². The minimum Gasteiger partial charge on any atom is -0.497 e. The fourth-order valence-corrected chi connectivity index (χ4v) is 4.35. The van der Waals surface area contributed by atoms with Crippen LogP contribution in [0.5, 0.6) is 5.75 Å². The topological polar surface area (TPSA) is 141 Å². The summed E-state index contributed by atoms with van der Waals surface area (Å²) in [5.41, 5.74) is 7.24. The Bertz CT molecular complexity index is 1320. The molecule has 1 aliphatic heterocycles. The average molecular weight is 488 g/mol. The molecule has 4 rings (SSSR count). The Morgan fingerprint density at radius 1 is 1.22 bits per heavy atom. The molecule has 186 valence electrons. The fraction of sp³-hybridized carbons (Fsp3) is 0.308. The van der Waals surface area contributed by atoms with Crippen molar-refractivity contribution in [3.05, 3.63) is 59.7 Å². The van der Waals surface area contributed by atoms with Crippen molar-refractivity contribution >= 4 is 17.6 Å². The summed E-state index contributed by atoms with van der Waals surface area (Å²) >= 11 is 0. The van der Waals surface area contributed by atoms with Crippen molar-refractivity contribution in [3.8, 4) is 28.8 Å². The number of methoxy groups -OCH3 is 1. The van der Waals surface area contributed by atoms with Gasteiger partial charge < -0.3 is 21.6 Å². The lowest BCUT2D eigenvalue weighted by atomic mass is 10.0. The monoisotopic (exact) mass is 487 g/mol. The molecule has 1 unspecified atom stereocenters. The number of pyridine rings is 1. The number of rotatable bonds is 7. The summed E-state index contributed by atoms with van der Waals surface area (Å²) in [6.45, 7) is 3.28. The zero-order valence-electron chi connectivity index (χ0n) is 20.3. The van der Waals surface area contributed by atoms with Crippen LogP contribution in [0.2, 0.25) is 0 Å². The minimum atomic E-state index is -0.673. The van der Waals surface area contributed by atoms with Crippen molar-refractivity contribution < 1.29 is 14.3 Å². The average Bonchev–Trinajstić information content (AvgIpc) is 3.24. The quantitative estimate of drug-likeness (QED) is 0.343. The van der Waals surface area contributed by atoms with Gasteiger partial charge in [0.15, 0.2) is 5.69 Å². The van der Waals surface area contributed by atoms with E-state index in [1.807, 2.05) is 6.92 Å². The summed E-state index contributed by atoms with van der Waals surface area (Å²) in [5.74, 6) is 12.9. The SMILES string of the molecule is CC#CCN1CCCCC1c1nc(-c2ccc(C(=O)Nc3cc(OC)ccn3)cc2)c(C(N)=O)n1N. The second-order valence-electron chi connectivity index (χ2n) is 8.42. The molecule has 1 atom stereocenters. The summed E-state index contributed by atoms with van der Waals surface area (Å²) in [6.07, 6.45) is 4.50. The van der Waals surface area contributed by atoms with Crippen LogP contribution in [0.25, 0.3) is 11.3 Å². The molecule has 2 aromatic heterocycles. The molecular formula is C26H29N7O3. The first-order valence-electron chi connectivity index (χ1n) is 11.7. The molecule has 1 fully saturated rings. The van der Waals surface area contributed by atoms with E-state index >= 15 is 0 Å². The number of nitrogen functional groups attached to an aromatic ring is 1. The summed E-state index contributed by atoms with van der Waals surface area (Å²) in [4.78, 5) is 36.2. The van der Waals surface area contributed by atoms with Crippen molar-refractivity contribution in [2.75, 3.05) is 31.4 Å². The van der Waals surface area contributed by atoms with Crippen LogP contribution < -0.4 is 21.6 Å². The Hall–Kier alpha value is -4.36. The van der Waals surface area contributed by atoms with Crippen molar-refractivity contribution in [1.82, 2.24) is 19.5 Å². The Morgan fingerprint density at radius 2 is 2.00 bits per heavy atom. The maximum atomic E-state index is 12.7. The predicted octanol–water partition coefficient (Wildman–Crippen LogP) is 2.57. The molecule has 5 N–H and O–H groups in total. The maximum absolute atomic E-state index is 12.7. The zero-order valence-corrected chi connectivity index (χ0v) is 20.3. The van der Waals surface area contributed by atoms with Crippen LogP contribution in [0, 0.1) is 11.8 Å². The number of nitrogens with zero attached hydrogens (tertiary/aromatic N) is 4. The van der Waals surface area contributed by atoms with Crippen LogP contribution in [0.1, 0.15) is 58.9 Å². The van der Waals surface area contributed by atoms with E-state index in [-0.39, 0.29) is 17.6 Å². The third-order valence-electron chi connectivity index (χ3n) is 6.17. The zero-order chi connectivity index (χ0) is 25.7. The smallest absolute Gasteiger partial charge is 0.269 e. The fourth-order valence-electron chi connectivity index (χ4n) is 4.35. The van der Waals surface area contributed by atoms with E-state index in [0.717, 1.165) is 25.8 Å². The molecular weight excluding hydrogens is 458 g/mol. The lowest BCUT2D eigenvalue weighted by Crippen LogP contribution is -2.37. The Balaban J connectivity index is 1.62. The second-order valence-corrected chi connectivity index (χ2v) is 8.42. The van der Waals surface area contributed by atoms with Gasteiger partial charge in [0.05, 0.1) is 19.7 Å². The first-order valence-corrected chi connectivity index (χ1v) is 11.7. The first-order chi connectivity index (χ1) is 17.4. The number of imidazole rings is 1. The number of hydrogen-bond donors (Lipinski definition) is 3. The minimum absolute atomic E-state index is 0.0723. The largest absolute Gasteiger partial charge is 0.497 e. The lowest BCUT2D eigenvalue weighted by Gasteiger charge is -2.33. The van der Waals surface area contributed by atoms with Gasteiger partial charge >= 0.3 is 0 Å². The van der Waals surface area contributed by atoms with Crippen molar-refractivity contribution in [2.45, 2.75) is 32.2 Å². The molecule has 1 aliphatic rings. The van der Waals surface area contributed by atoms with Gasteiger partial charge in [-0.15, -0.1) is 5.92 Å². The number of nitrogens with two attached hydrogens (primary N) is 2. The number of benzene rings is 1. The normalized spacial score (nSPS) is 15.6. The van der Waals surface area contributed by atoms with E-state index in [0.29, 0.717) is 40.8 Å². The standard InChI is InChI=1S/C26H29N7O3/c1-3-4-14-32-15-6-5-7-20(32)25-31-22(23(24(27)34)33(25)28)17-8-10-18(11-9-17)26(35)30-21-16-19(36-2)12-13-29-21/h8-13,16,20H,5-7,14-15,28H2,1-2H3,(H2,27,34)(H,29,30,35). The Morgan fingerprint density at radius 3 is 2.69 bits per heavy atom. The number of nitrogens with one attached hydrogen (secondary N) is 1. The molecule has 1 saturated heterocycles.